The maximum absolute atomic E-state index is 0. The van der Waals surface area contributed by atoms with Gasteiger partial charge in [-0.2, -0.15) is 0 Å². The SMILES string of the molecule is [CH3-].[CH3-].[CH3-].[CH3-].[CH3-].[U+2].[U+2].[U]. The van der Waals surface area contributed by atoms with Crippen LogP contribution in [-0.2, 0) is 0 Å². The molecule has 3 heteroatoms. The van der Waals surface area contributed by atoms with E-state index < -0.39 is 0 Å². The first-order valence-electron chi connectivity index (χ1n) is 0. The summed E-state index contributed by atoms with van der Waals surface area (Å²) < 4.78 is 0. The monoisotopic (exact) mass is 789 g/mol. The molecule has 0 saturated carbocycles. The zero-order chi connectivity index (χ0) is 0. The fourth-order valence-corrected chi connectivity index (χ4v) is 0. The Balaban J connectivity index is 0. The summed E-state index contributed by atoms with van der Waals surface area (Å²) in [6, 6.07) is 0. The molecule has 0 rings (SSSR count). The van der Waals surface area contributed by atoms with Gasteiger partial charge in [0.1, 0.15) is 0 Å². The van der Waals surface area contributed by atoms with Crippen molar-refractivity contribution in [1.82, 2.24) is 0 Å². The van der Waals surface area contributed by atoms with Crippen LogP contribution in [-0.4, -0.2) is 0 Å². The first kappa shape index (κ1) is 116. The molecule has 48 valence electrons. The summed E-state index contributed by atoms with van der Waals surface area (Å²) in [6.07, 6.45) is 0. The quantitative estimate of drug-likeness (QED) is 0.331. The average molecular weight is 789 g/mol. The smallest absolute Gasteiger partial charge is 0.358 e. The van der Waals surface area contributed by atoms with Gasteiger partial charge in [-0.05, 0) is 0 Å². The topological polar surface area (TPSA) is 0 Å². The molecule has 0 amide bonds. The van der Waals surface area contributed by atoms with Crippen LogP contribution < -0.4 is 0 Å². The van der Waals surface area contributed by atoms with Gasteiger partial charge in [-0.15, -0.1) is 0 Å². The molecule has 0 aromatic rings. The van der Waals surface area contributed by atoms with E-state index in [4.69, 9.17) is 0 Å². The van der Waals surface area contributed by atoms with Crippen molar-refractivity contribution in [3.63, 3.8) is 0 Å². The molecule has 0 aliphatic rings. The second kappa shape index (κ2) is 85.5. The van der Waals surface area contributed by atoms with Crippen LogP contribution >= 0.6 is 0 Å². The third-order valence-electron chi connectivity index (χ3n) is 0. The molecule has 0 spiro atoms. The Kier molecular flexibility index (Phi) is 1230. The van der Waals surface area contributed by atoms with Gasteiger partial charge in [0.25, 0.3) is 0 Å². The van der Waals surface area contributed by atoms with E-state index in [1.807, 2.05) is 0 Å². The van der Waals surface area contributed by atoms with Gasteiger partial charge >= 0.3 is 62.2 Å². The zero-order valence-electron chi connectivity index (χ0n) is 6.50. The molecule has 0 fully saturated rings. The number of hydrogen-bond donors (Lipinski definition) is 0. The van der Waals surface area contributed by atoms with Crippen LogP contribution in [0.2, 0.25) is 0 Å². The summed E-state index contributed by atoms with van der Waals surface area (Å²) in [7, 11) is 0. The molecule has 0 aromatic heterocycles. The molecule has 8 heavy (non-hydrogen) atoms. The van der Waals surface area contributed by atoms with E-state index in [9.17, 15) is 0 Å². The van der Waals surface area contributed by atoms with E-state index in [0.29, 0.717) is 0 Å². The molecular formula is C5H15U3-. The van der Waals surface area contributed by atoms with Crippen molar-refractivity contribution in [1.29, 1.82) is 0 Å². The van der Waals surface area contributed by atoms with Gasteiger partial charge in [0.15, 0.2) is 0 Å². The van der Waals surface area contributed by atoms with Crippen LogP contribution in [0.15, 0.2) is 0 Å². The fraction of sp³-hybridized carbons (Fsp3) is 0. The molecule has 0 aliphatic carbocycles. The van der Waals surface area contributed by atoms with Crippen LogP contribution in [0.25, 0.3) is 0 Å². The van der Waals surface area contributed by atoms with Gasteiger partial charge in [0, 0.05) is 31.1 Å². The molecule has 0 N–H and O–H groups in total. The first-order chi connectivity index (χ1) is 0. The minimum Gasteiger partial charge on any atom is -0.358 e. The van der Waals surface area contributed by atoms with Crippen molar-refractivity contribution >= 4 is 0 Å². The summed E-state index contributed by atoms with van der Waals surface area (Å²) >= 11 is 0. The van der Waals surface area contributed by atoms with Crippen molar-refractivity contribution in [2.24, 2.45) is 0 Å². The fourth-order valence-electron chi connectivity index (χ4n) is 0. The molecule has 0 aliphatic heterocycles. The van der Waals surface area contributed by atoms with Crippen molar-refractivity contribution in [3.05, 3.63) is 37.1 Å². The minimum atomic E-state index is 0. The molecule has 0 heterocycles. The van der Waals surface area contributed by atoms with Gasteiger partial charge in [-0.3, -0.25) is 0 Å². The third-order valence-corrected chi connectivity index (χ3v) is 0. The molecule has 0 radical (unpaired) electrons. The Morgan fingerprint density at radius 3 is 0.375 bits per heavy atom. The van der Waals surface area contributed by atoms with E-state index in [2.05, 4.69) is 0 Å². The maximum Gasteiger partial charge on any atom is 2.00 e. The molecular weight excluding hydrogens is 774 g/mol. The van der Waals surface area contributed by atoms with Crippen molar-refractivity contribution in [3.8, 4) is 0 Å². The van der Waals surface area contributed by atoms with Crippen molar-refractivity contribution in [2.45, 2.75) is 0 Å². The summed E-state index contributed by atoms with van der Waals surface area (Å²) in [6.45, 7) is 0. The standard InChI is InChI=1S/5CH3.3U/h5*1H3;;;/q5*-1;;2*+2. The summed E-state index contributed by atoms with van der Waals surface area (Å²) in [5.41, 5.74) is 0. The number of hydrogen-bond acceptors (Lipinski definition) is 0. The zero-order valence-corrected chi connectivity index (χ0v) is 19.0. The molecule has 0 aromatic carbocycles. The Bertz CT molecular complexity index is 7.64. The Hall–Kier alpha value is 3.16. The Labute approximate surface area is 128 Å². The molecule has 0 nitrogen and oxygen atoms in total. The van der Waals surface area contributed by atoms with Crippen LogP contribution in [0, 0.1) is 130 Å². The predicted molar refractivity (Wildman–Crippen MR) is 32.1 cm³/mol. The largest absolute Gasteiger partial charge is 2.00 e. The minimum absolute atomic E-state index is 0. The van der Waals surface area contributed by atoms with Crippen LogP contribution in [0.5, 0.6) is 0 Å². The summed E-state index contributed by atoms with van der Waals surface area (Å²) in [4.78, 5) is 0. The Morgan fingerprint density at radius 1 is 0.375 bits per heavy atom. The van der Waals surface area contributed by atoms with Gasteiger partial charge in [-0.25, -0.2) is 0 Å². The molecule has 0 unspecified atom stereocenters. The van der Waals surface area contributed by atoms with Crippen LogP contribution in [0.1, 0.15) is 0 Å². The normalized spacial score (nSPS) is 0. The van der Waals surface area contributed by atoms with Gasteiger partial charge in [0.05, 0.1) is 0 Å². The van der Waals surface area contributed by atoms with E-state index in [-0.39, 0.29) is 130 Å². The Morgan fingerprint density at radius 2 is 0.375 bits per heavy atom. The number of rotatable bonds is 0. The average Bonchev–Trinajstić information content (AvgIpc) is 0. The van der Waals surface area contributed by atoms with Gasteiger partial charge in [-0.1, -0.05) is 0 Å². The van der Waals surface area contributed by atoms with Crippen LogP contribution in [0.3, 0.4) is 0 Å². The predicted octanol–water partition coefficient (Wildman–Crippen LogP) is 2.25. The second-order valence-electron chi connectivity index (χ2n) is 0. The third kappa shape index (κ3) is 61.2. The van der Waals surface area contributed by atoms with Crippen molar-refractivity contribution in [2.75, 3.05) is 0 Å². The summed E-state index contributed by atoms with van der Waals surface area (Å²) in [5.74, 6) is 0. The van der Waals surface area contributed by atoms with E-state index in [1.165, 1.54) is 0 Å². The molecule has 0 saturated heterocycles. The summed E-state index contributed by atoms with van der Waals surface area (Å²) in [5, 5.41) is 0. The first-order valence-corrected chi connectivity index (χ1v) is 0. The van der Waals surface area contributed by atoms with Crippen molar-refractivity contribution < 1.29 is 93.3 Å². The molecule has 0 bridgehead atoms. The van der Waals surface area contributed by atoms with E-state index in [0.717, 1.165) is 0 Å². The maximum atomic E-state index is 0. The molecule has 0 atom stereocenters. The van der Waals surface area contributed by atoms with E-state index in [1.54, 1.807) is 0 Å². The van der Waals surface area contributed by atoms with Gasteiger partial charge < -0.3 is 37.1 Å². The van der Waals surface area contributed by atoms with E-state index >= 15 is 0 Å². The van der Waals surface area contributed by atoms with Gasteiger partial charge in [0.2, 0.25) is 0 Å². The van der Waals surface area contributed by atoms with Crippen LogP contribution in [0.4, 0.5) is 0 Å². The second-order valence-corrected chi connectivity index (χ2v) is 0.